The third-order valence-corrected chi connectivity index (χ3v) is 6.51. The van der Waals surface area contributed by atoms with Crippen molar-refractivity contribution in [3.8, 4) is 22.4 Å². The van der Waals surface area contributed by atoms with Crippen molar-refractivity contribution in [3.05, 3.63) is 90.6 Å². The Morgan fingerprint density at radius 2 is 1.85 bits per heavy atom. The molecular formula is C31H31N5O4. The van der Waals surface area contributed by atoms with E-state index in [1.165, 1.54) is 4.90 Å². The summed E-state index contributed by atoms with van der Waals surface area (Å²) in [5.41, 5.74) is 11.1. The molecule has 9 heteroatoms. The largest absolute Gasteiger partial charge is 0.472 e. The number of fused-ring (bicyclic) bond motifs is 1. The van der Waals surface area contributed by atoms with Crippen molar-refractivity contribution >= 4 is 28.6 Å². The van der Waals surface area contributed by atoms with Crippen molar-refractivity contribution < 1.29 is 18.7 Å². The number of anilines is 1. The number of pyridine rings is 1. The summed E-state index contributed by atoms with van der Waals surface area (Å²) in [6.45, 7) is 7.24. The Kier molecular flexibility index (Phi) is 7.13. The highest BCUT2D eigenvalue weighted by Crippen LogP contribution is 2.36. The lowest BCUT2D eigenvalue weighted by molar-refractivity contribution is -0.119. The zero-order valence-electron chi connectivity index (χ0n) is 22.8. The van der Waals surface area contributed by atoms with Crippen LogP contribution < -0.4 is 10.6 Å². The molecule has 5 rings (SSSR count). The van der Waals surface area contributed by atoms with Crippen LogP contribution in [0.1, 0.15) is 32.0 Å². The minimum atomic E-state index is -1.02. The van der Waals surface area contributed by atoms with Crippen molar-refractivity contribution in [3.63, 3.8) is 0 Å². The van der Waals surface area contributed by atoms with E-state index < -0.39 is 23.6 Å². The number of H-pyrrole nitrogens is 1. The first-order chi connectivity index (χ1) is 19.1. The normalized spacial score (nSPS) is 12.3. The van der Waals surface area contributed by atoms with Gasteiger partial charge in [0.15, 0.2) is 0 Å². The molecule has 9 nitrogen and oxygen atoms in total. The predicted molar refractivity (Wildman–Crippen MR) is 154 cm³/mol. The molecule has 0 saturated heterocycles. The van der Waals surface area contributed by atoms with Gasteiger partial charge in [-0.15, -0.1) is 0 Å². The molecule has 0 aliphatic rings. The van der Waals surface area contributed by atoms with Gasteiger partial charge in [0.05, 0.1) is 41.3 Å². The fourth-order valence-electron chi connectivity index (χ4n) is 4.63. The number of benzene rings is 2. The van der Waals surface area contributed by atoms with Crippen LogP contribution in [0.3, 0.4) is 0 Å². The van der Waals surface area contributed by atoms with Crippen LogP contribution in [0.5, 0.6) is 0 Å². The number of primary amides is 1. The summed E-state index contributed by atoms with van der Waals surface area (Å²) in [6.07, 6.45) is 4.25. The van der Waals surface area contributed by atoms with Crippen molar-refractivity contribution in [1.29, 1.82) is 0 Å². The van der Waals surface area contributed by atoms with E-state index in [-0.39, 0.29) is 6.42 Å². The molecule has 3 N–H and O–H groups in total. The van der Waals surface area contributed by atoms with Crippen LogP contribution in [0, 0.1) is 6.92 Å². The van der Waals surface area contributed by atoms with Crippen LogP contribution in [-0.4, -0.2) is 38.8 Å². The number of furan rings is 1. The number of aromatic amines is 1. The SMILES string of the molecule is Cc1n[nH]c2ccc(-c3cc(N(C(=O)OC(C)(C)C)[C@@H](Cc4ccccc4)C(N)=O)cnc3-c3ccoc3)cc12. The molecule has 40 heavy (non-hydrogen) atoms. The second-order valence-corrected chi connectivity index (χ2v) is 10.6. The Morgan fingerprint density at radius 3 is 2.52 bits per heavy atom. The maximum Gasteiger partial charge on any atom is 0.415 e. The second kappa shape index (κ2) is 10.7. The quantitative estimate of drug-likeness (QED) is 0.261. The van der Waals surface area contributed by atoms with Gasteiger partial charge in [-0.25, -0.2) is 4.79 Å². The highest BCUT2D eigenvalue weighted by atomic mass is 16.6. The number of rotatable bonds is 7. The van der Waals surface area contributed by atoms with E-state index in [0.29, 0.717) is 11.4 Å². The van der Waals surface area contributed by atoms with Crippen molar-refractivity contribution in [2.75, 3.05) is 4.90 Å². The Balaban J connectivity index is 1.68. The average Bonchev–Trinajstić information content (AvgIpc) is 3.58. The van der Waals surface area contributed by atoms with Gasteiger partial charge in [-0.2, -0.15) is 5.10 Å². The van der Waals surface area contributed by atoms with E-state index in [2.05, 4.69) is 10.2 Å². The molecule has 2 amide bonds. The fourth-order valence-corrected chi connectivity index (χ4v) is 4.63. The monoisotopic (exact) mass is 537 g/mol. The third-order valence-electron chi connectivity index (χ3n) is 6.51. The molecule has 3 heterocycles. The summed E-state index contributed by atoms with van der Waals surface area (Å²) in [6, 6.07) is 18.0. The number of hydrogen-bond acceptors (Lipinski definition) is 6. The highest BCUT2D eigenvalue weighted by Gasteiger charge is 2.34. The molecule has 0 bridgehead atoms. The second-order valence-electron chi connectivity index (χ2n) is 10.6. The van der Waals surface area contributed by atoms with Crippen molar-refractivity contribution in [1.82, 2.24) is 15.2 Å². The van der Waals surface area contributed by atoms with Gasteiger partial charge in [0, 0.05) is 22.9 Å². The summed E-state index contributed by atoms with van der Waals surface area (Å²) in [7, 11) is 0. The number of nitrogens with two attached hydrogens (primary N) is 1. The lowest BCUT2D eigenvalue weighted by Crippen LogP contribution is -2.51. The number of hydrogen-bond donors (Lipinski definition) is 2. The average molecular weight is 538 g/mol. The number of carbonyl (C=O) groups excluding carboxylic acids is 2. The molecule has 3 aromatic heterocycles. The van der Waals surface area contributed by atoms with Gasteiger partial charge in [-0.3, -0.25) is 19.8 Å². The smallest absolute Gasteiger partial charge is 0.415 e. The van der Waals surface area contributed by atoms with Crippen LogP contribution in [0.2, 0.25) is 0 Å². The van der Waals surface area contributed by atoms with E-state index in [1.54, 1.807) is 39.5 Å². The highest BCUT2D eigenvalue weighted by molar-refractivity contribution is 5.99. The maximum atomic E-state index is 13.7. The molecule has 0 aliphatic heterocycles. The third kappa shape index (κ3) is 5.58. The first-order valence-corrected chi connectivity index (χ1v) is 12.9. The van der Waals surface area contributed by atoms with Gasteiger partial charge in [-0.1, -0.05) is 36.4 Å². The molecule has 204 valence electrons. The molecule has 5 aromatic rings. The Bertz CT molecular complexity index is 1650. The van der Waals surface area contributed by atoms with E-state index in [9.17, 15) is 9.59 Å². The molecule has 1 atom stereocenters. The zero-order valence-corrected chi connectivity index (χ0v) is 22.8. The minimum Gasteiger partial charge on any atom is -0.472 e. The number of aromatic nitrogens is 3. The lowest BCUT2D eigenvalue weighted by atomic mass is 9.98. The molecule has 0 fully saturated rings. The number of nitrogens with one attached hydrogen (secondary N) is 1. The topological polar surface area (TPSA) is 127 Å². The van der Waals surface area contributed by atoms with Crippen LogP contribution >= 0.6 is 0 Å². The van der Waals surface area contributed by atoms with Gasteiger partial charge in [-0.05, 0) is 63.1 Å². The number of ether oxygens (including phenoxy) is 1. The minimum absolute atomic E-state index is 0.203. The van der Waals surface area contributed by atoms with Gasteiger partial charge in [0.2, 0.25) is 5.91 Å². The van der Waals surface area contributed by atoms with Gasteiger partial charge < -0.3 is 14.9 Å². The van der Waals surface area contributed by atoms with Gasteiger partial charge in [0.25, 0.3) is 0 Å². The summed E-state index contributed by atoms with van der Waals surface area (Å²) in [5.74, 6) is -0.661. The standard InChI is InChI=1S/C31H31N5O4/c1-19-24-15-21(10-11-26(24)35-34-19)25-16-23(17-33-28(25)22-12-13-39-18-22)36(30(38)40-31(2,3)4)27(29(32)37)14-20-8-6-5-7-9-20/h5-13,15-18,27H,14H2,1-4H3,(H2,32,37)(H,34,35)/t27-/m0/s1. The molecular weight excluding hydrogens is 506 g/mol. The molecule has 0 aliphatic carbocycles. The molecule has 0 saturated carbocycles. The van der Waals surface area contributed by atoms with E-state index in [0.717, 1.165) is 38.9 Å². The molecule has 0 radical (unpaired) electrons. The van der Waals surface area contributed by atoms with Crippen molar-refractivity contribution in [2.24, 2.45) is 5.73 Å². The fraction of sp³-hybridized carbons (Fsp3) is 0.226. The summed E-state index contributed by atoms with van der Waals surface area (Å²) >= 11 is 0. The first kappa shape index (κ1) is 26.7. The van der Waals surface area contributed by atoms with E-state index in [1.807, 2.05) is 67.6 Å². The van der Waals surface area contributed by atoms with Crippen LogP contribution in [0.4, 0.5) is 10.5 Å². The Morgan fingerprint density at radius 1 is 1.07 bits per heavy atom. The lowest BCUT2D eigenvalue weighted by Gasteiger charge is -2.32. The van der Waals surface area contributed by atoms with Crippen molar-refractivity contribution in [2.45, 2.75) is 45.8 Å². The van der Waals surface area contributed by atoms with E-state index in [4.69, 9.17) is 19.9 Å². The van der Waals surface area contributed by atoms with Crippen LogP contribution in [-0.2, 0) is 16.0 Å². The van der Waals surface area contributed by atoms with Crippen LogP contribution in [0.25, 0.3) is 33.3 Å². The Labute approximate surface area is 232 Å². The first-order valence-electron chi connectivity index (χ1n) is 12.9. The molecule has 0 unspecified atom stereocenters. The maximum absolute atomic E-state index is 13.7. The number of carbonyl (C=O) groups is 2. The van der Waals surface area contributed by atoms with Gasteiger partial charge in [0.1, 0.15) is 11.6 Å². The van der Waals surface area contributed by atoms with Gasteiger partial charge >= 0.3 is 6.09 Å². The summed E-state index contributed by atoms with van der Waals surface area (Å²) in [5, 5.41) is 8.30. The zero-order chi connectivity index (χ0) is 28.4. The van der Waals surface area contributed by atoms with E-state index >= 15 is 0 Å². The summed E-state index contributed by atoms with van der Waals surface area (Å²) in [4.78, 5) is 32.6. The van der Waals surface area contributed by atoms with Crippen LogP contribution in [0.15, 0.2) is 83.8 Å². The number of nitrogens with zero attached hydrogens (tertiary/aromatic N) is 3. The number of amides is 2. The summed E-state index contributed by atoms with van der Waals surface area (Å²) < 4.78 is 11.1. The molecule has 2 aromatic carbocycles. The predicted octanol–water partition coefficient (Wildman–Crippen LogP) is 6.03. The number of aryl methyl sites for hydroxylation is 1. The molecule has 0 spiro atoms. The Hall–Kier alpha value is -4.92.